The van der Waals surface area contributed by atoms with Gasteiger partial charge < -0.3 is 5.11 Å². The summed E-state index contributed by atoms with van der Waals surface area (Å²) in [6.45, 7) is 0. The topological polar surface area (TPSA) is 20.2 Å². The highest BCUT2D eigenvalue weighted by molar-refractivity contribution is 9.10. The molecule has 0 saturated heterocycles. The lowest BCUT2D eigenvalue weighted by molar-refractivity contribution is 0.153. The standard InChI is InChI=1S/C8H9BrOS/c9-7-4-11-3-6(7)8(10)5-1-2-5/h3-5,8,10H,1-2H2. The van der Waals surface area contributed by atoms with Gasteiger partial charge in [-0.15, -0.1) is 0 Å². The summed E-state index contributed by atoms with van der Waals surface area (Å²) in [4.78, 5) is 0. The van der Waals surface area contributed by atoms with Crippen LogP contribution in [0.1, 0.15) is 24.5 Å². The van der Waals surface area contributed by atoms with Gasteiger partial charge in [-0.3, -0.25) is 0 Å². The van der Waals surface area contributed by atoms with Gasteiger partial charge >= 0.3 is 0 Å². The van der Waals surface area contributed by atoms with Gasteiger partial charge in [0.05, 0.1) is 6.10 Å². The molecule has 1 aromatic rings. The third-order valence-electron chi connectivity index (χ3n) is 2.03. The summed E-state index contributed by atoms with van der Waals surface area (Å²) in [7, 11) is 0. The summed E-state index contributed by atoms with van der Waals surface area (Å²) in [6.07, 6.45) is 2.14. The molecule has 0 radical (unpaired) electrons. The van der Waals surface area contributed by atoms with Crippen molar-refractivity contribution in [3.05, 3.63) is 20.8 Å². The average Bonchev–Trinajstić information content (AvgIpc) is 2.74. The van der Waals surface area contributed by atoms with Gasteiger partial charge in [0, 0.05) is 15.4 Å². The van der Waals surface area contributed by atoms with E-state index in [0.29, 0.717) is 5.92 Å². The third-order valence-corrected chi connectivity index (χ3v) is 3.78. The molecular formula is C8H9BrOS. The normalized spacial score (nSPS) is 20.2. The Labute approximate surface area is 78.2 Å². The van der Waals surface area contributed by atoms with E-state index in [1.165, 1.54) is 12.8 Å². The molecule has 1 fully saturated rings. The van der Waals surface area contributed by atoms with Gasteiger partial charge in [0.25, 0.3) is 0 Å². The van der Waals surface area contributed by atoms with Crippen molar-refractivity contribution in [3.63, 3.8) is 0 Å². The first-order chi connectivity index (χ1) is 5.29. The van der Waals surface area contributed by atoms with Crippen molar-refractivity contribution in [1.82, 2.24) is 0 Å². The van der Waals surface area contributed by atoms with Crippen LogP contribution in [0.3, 0.4) is 0 Å². The largest absolute Gasteiger partial charge is 0.388 e. The molecule has 1 aromatic heterocycles. The molecule has 0 amide bonds. The van der Waals surface area contributed by atoms with Crippen LogP contribution < -0.4 is 0 Å². The Morgan fingerprint density at radius 3 is 2.73 bits per heavy atom. The number of thiophene rings is 1. The Morgan fingerprint density at radius 1 is 1.55 bits per heavy atom. The summed E-state index contributed by atoms with van der Waals surface area (Å²) in [5, 5.41) is 13.7. The predicted octanol–water partition coefficient (Wildman–Crippen LogP) is 2.95. The van der Waals surface area contributed by atoms with E-state index < -0.39 is 0 Å². The van der Waals surface area contributed by atoms with E-state index in [-0.39, 0.29) is 6.10 Å². The molecule has 0 aromatic carbocycles. The maximum Gasteiger partial charge on any atom is 0.0837 e. The Kier molecular flexibility index (Phi) is 2.04. The van der Waals surface area contributed by atoms with Gasteiger partial charge in [-0.2, -0.15) is 11.3 Å². The zero-order chi connectivity index (χ0) is 7.84. The lowest BCUT2D eigenvalue weighted by Crippen LogP contribution is -1.97. The molecule has 1 nitrogen and oxygen atoms in total. The van der Waals surface area contributed by atoms with Crippen molar-refractivity contribution in [3.8, 4) is 0 Å². The Bertz CT molecular complexity index is 254. The van der Waals surface area contributed by atoms with E-state index >= 15 is 0 Å². The van der Waals surface area contributed by atoms with Crippen LogP contribution in [0, 0.1) is 5.92 Å². The number of aliphatic hydroxyl groups is 1. The SMILES string of the molecule is OC(c1cscc1Br)C1CC1. The summed E-state index contributed by atoms with van der Waals surface area (Å²) >= 11 is 5.05. The second-order valence-electron chi connectivity index (χ2n) is 2.96. The number of halogens is 1. The fraction of sp³-hybridized carbons (Fsp3) is 0.500. The van der Waals surface area contributed by atoms with Gasteiger partial charge in [-0.1, -0.05) is 0 Å². The van der Waals surface area contributed by atoms with E-state index in [9.17, 15) is 5.11 Å². The molecule has 1 saturated carbocycles. The van der Waals surface area contributed by atoms with Crippen molar-refractivity contribution >= 4 is 27.3 Å². The zero-order valence-electron chi connectivity index (χ0n) is 5.96. The minimum absolute atomic E-state index is 0.226. The maximum absolute atomic E-state index is 9.71. The van der Waals surface area contributed by atoms with E-state index in [2.05, 4.69) is 15.9 Å². The van der Waals surface area contributed by atoms with Crippen LogP contribution in [0.4, 0.5) is 0 Å². The van der Waals surface area contributed by atoms with Crippen LogP contribution in [0.15, 0.2) is 15.2 Å². The van der Waals surface area contributed by atoms with Crippen LogP contribution in [-0.2, 0) is 0 Å². The van der Waals surface area contributed by atoms with Crippen molar-refractivity contribution in [1.29, 1.82) is 0 Å². The number of aliphatic hydroxyl groups excluding tert-OH is 1. The molecular weight excluding hydrogens is 224 g/mol. The maximum atomic E-state index is 9.71. The second-order valence-corrected chi connectivity index (χ2v) is 4.56. The van der Waals surface area contributed by atoms with Gasteiger partial charge in [0.15, 0.2) is 0 Å². The molecule has 1 atom stereocenters. The minimum atomic E-state index is -0.226. The highest BCUT2D eigenvalue weighted by Crippen LogP contribution is 2.43. The average molecular weight is 233 g/mol. The molecule has 2 rings (SSSR count). The molecule has 0 bridgehead atoms. The van der Waals surface area contributed by atoms with Crippen molar-refractivity contribution < 1.29 is 5.11 Å². The number of hydrogen-bond acceptors (Lipinski definition) is 2. The third kappa shape index (κ3) is 1.50. The van der Waals surface area contributed by atoms with Crippen molar-refractivity contribution in [2.75, 3.05) is 0 Å². The monoisotopic (exact) mass is 232 g/mol. The molecule has 1 heterocycles. The summed E-state index contributed by atoms with van der Waals surface area (Å²) < 4.78 is 1.06. The number of rotatable bonds is 2. The Morgan fingerprint density at radius 2 is 2.27 bits per heavy atom. The first-order valence-electron chi connectivity index (χ1n) is 3.68. The van der Waals surface area contributed by atoms with E-state index in [0.717, 1.165) is 10.0 Å². The highest BCUT2D eigenvalue weighted by atomic mass is 79.9. The van der Waals surface area contributed by atoms with Crippen LogP contribution in [-0.4, -0.2) is 5.11 Å². The Hall–Kier alpha value is 0.140. The first kappa shape index (κ1) is 7.77. The molecule has 0 aliphatic heterocycles. The molecule has 0 spiro atoms. The minimum Gasteiger partial charge on any atom is -0.388 e. The van der Waals surface area contributed by atoms with E-state index in [4.69, 9.17) is 0 Å². The lowest BCUT2D eigenvalue weighted by atomic mass is 10.1. The van der Waals surface area contributed by atoms with Gasteiger partial charge in [0.1, 0.15) is 0 Å². The molecule has 11 heavy (non-hydrogen) atoms. The van der Waals surface area contributed by atoms with Crippen LogP contribution in [0.2, 0.25) is 0 Å². The molecule has 1 aliphatic rings. The quantitative estimate of drug-likeness (QED) is 0.832. The smallest absolute Gasteiger partial charge is 0.0837 e. The molecule has 1 unspecified atom stereocenters. The predicted molar refractivity (Wildman–Crippen MR) is 49.7 cm³/mol. The first-order valence-corrected chi connectivity index (χ1v) is 5.42. The molecule has 1 N–H and O–H groups in total. The molecule has 1 aliphatic carbocycles. The lowest BCUT2D eigenvalue weighted by Gasteiger charge is -2.06. The van der Waals surface area contributed by atoms with Crippen molar-refractivity contribution in [2.45, 2.75) is 18.9 Å². The summed E-state index contributed by atoms with van der Waals surface area (Å²) in [6, 6.07) is 0. The highest BCUT2D eigenvalue weighted by Gasteiger charge is 2.31. The van der Waals surface area contributed by atoms with Crippen LogP contribution in [0.25, 0.3) is 0 Å². The van der Waals surface area contributed by atoms with Crippen LogP contribution >= 0.6 is 27.3 Å². The number of hydrogen-bond donors (Lipinski definition) is 1. The van der Waals surface area contributed by atoms with Gasteiger partial charge in [-0.05, 0) is 40.1 Å². The van der Waals surface area contributed by atoms with Gasteiger partial charge in [-0.25, -0.2) is 0 Å². The second kappa shape index (κ2) is 2.88. The fourth-order valence-electron chi connectivity index (χ4n) is 1.17. The van der Waals surface area contributed by atoms with Crippen LogP contribution in [0.5, 0.6) is 0 Å². The fourth-order valence-corrected chi connectivity index (χ4v) is 2.73. The Balaban J connectivity index is 2.20. The van der Waals surface area contributed by atoms with E-state index in [1.54, 1.807) is 11.3 Å². The van der Waals surface area contributed by atoms with Gasteiger partial charge in [0.2, 0.25) is 0 Å². The summed E-state index contributed by atoms with van der Waals surface area (Å²) in [5.74, 6) is 0.529. The van der Waals surface area contributed by atoms with E-state index in [1.807, 2.05) is 10.8 Å². The summed E-state index contributed by atoms with van der Waals surface area (Å²) in [5.41, 5.74) is 1.07. The van der Waals surface area contributed by atoms with Crippen molar-refractivity contribution in [2.24, 2.45) is 5.92 Å². The molecule has 60 valence electrons. The zero-order valence-corrected chi connectivity index (χ0v) is 8.36. The molecule has 3 heteroatoms.